The minimum absolute atomic E-state index is 0.0464. The van der Waals surface area contributed by atoms with Crippen LogP contribution in [0.3, 0.4) is 0 Å². The van der Waals surface area contributed by atoms with E-state index in [9.17, 15) is 8.78 Å². The smallest absolute Gasteiger partial charge is 0.312 e. The summed E-state index contributed by atoms with van der Waals surface area (Å²) in [5.41, 5.74) is 0.0464. The summed E-state index contributed by atoms with van der Waals surface area (Å²) in [6.45, 7) is 6.82. The lowest BCUT2D eigenvalue weighted by molar-refractivity contribution is 0.171. The molecule has 0 aliphatic heterocycles. The van der Waals surface area contributed by atoms with Crippen molar-refractivity contribution in [2.24, 2.45) is 0 Å². The number of nitrogens with one attached hydrogen (secondary N) is 1. The van der Waals surface area contributed by atoms with Crippen LogP contribution in [0, 0.1) is 0 Å². The van der Waals surface area contributed by atoms with Crippen LogP contribution in [0.1, 0.15) is 27.2 Å². The van der Waals surface area contributed by atoms with Gasteiger partial charge in [-0.1, -0.05) is 6.08 Å². The molecule has 0 saturated carbocycles. The van der Waals surface area contributed by atoms with Crippen LogP contribution in [-0.2, 0) is 0 Å². The molecule has 4 heteroatoms. The quantitative estimate of drug-likeness (QED) is 0.462. The maximum atomic E-state index is 12.2. The van der Waals surface area contributed by atoms with E-state index >= 15 is 0 Å². The first-order valence-corrected chi connectivity index (χ1v) is 4.99. The van der Waals surface area contributed by atoms with Gasteiger partial charge in [0.2, 0.25) is 0 Å². The summed E-state index contributed by atoms with van der Waals surface area (Å²) < 4.78 is 24.4. The van der Waals surface area contributed by atoms with Crippen molar-refractivity contribution < 1.29 is 8.78 Å². The maximum Gasteiger partial charge on any atom is 0.319 e. The molecule has 0 aromatic heterocycles. The zero-order valence-corrected chi connectivity index (χ0v) is 9.79. The lowest BCUT2D eigenvalue weighted by atomic mass is 10.1. The minimum Gasteiger partial charge on any atom is -0.312 e. The van der Waals surface area contributed by atoms with Crippen LogP contribution < -0.4 is 5.32 Å². The largest absolute Gasteiger partial charge is 0.319 e. The standard InChI is InChI=1S/C9H16BrF2N/c1-8(2,3)13-7-5-4-6-9(10,11)12/h4,6,13H,5,7H2,1-3H3/b6-4+. The molecule has 0 spiro atoms. The number of rotatable bonds is 4. The third-order valence-electron chi connectivity index (χ3n) is 1.27. The number of halogens is 3. The molecule has 1 nitrogen and oxygen atoms in total. The first kappa shape index (κ1) is 13.0. The number of allylic oxidation sites excluding steroid dienone is 1. The Morgan fingerprint density at radius 3 is 2.23 bits per heavy atom. The highest BCUT2D eigenvalue weighted by Crippen LogP contribution is 2.22. The summed E-state index contributed by atoms with van der Waals surface area (Å²) in [5.74, 6) is 0. The Labute approximate surface area is 86.7 Å². The van der Waals surface area contributed by atoms with Crippen molar-refractivity contribution in [2.75, 3.05) is 6.54 Å². The second-order valence-corrected chi connectivity index (χ2v) is 4.97. The normalized spacial score (nSPS) is 14.0. The van der Waals surface area contributed by atoms with Crippen LogP contribution in [0.25, 0.3) is 0 Å². The molecule has 0 amide bonds. The zero-order chi connectivity index (χ0) is 10.5. The van der Waals surface area contributed by atoms with E-state index in [1.54, 1.807) is 0 Å². The molecular weight excluding hydrogens is 240 g/mol. The predicted molar refractivity (Wildman–Crippen MR) is 55.4 cm³/mol. The molecule has 13 heavy (non-hydrogen) atoms. The first-order valence-electron chi connectivity index (χ1n) is 4.20. The Kier molecular flexibility index (Phi) is 5.07. The van der Waals surface area contributed by atoms with Gasteiger partial charge in [0.15, 0.2) is 0 Å². The molecule has 0 radical (unpaired) electrons. The van der Waals surface area contributed by atoms with Gasteiger partial charge in [-0.25, -0.2) is 0 Å². The van der Waals surface area contributed by atoms with E-state index in [0.717, 1.165) is 6.08 Å². The van der Waals surface area contributed by atoms with E-state index in [1.165, 1.54) is 6.08 Å². The molecule has 0 saturated heterocycles. The van der Waals surface area contributed by atoms with E-state index in [1.807, 2.05) is 20.8 Å². The summed E-state index contributed by atoms with van der Waals surface area (Å²) in [6.07, 6.45) is 2.93. The van der Waals surface area contributed by atoms with E-state index in [2.05, 4.69) is 21.2 Å². The van der Waals surface area contributed by atoms with Crippen LogP contribution in [0.2, 0.25) is 0 Å². The van der Waals surface area contributed by atoms with Crippen LogP contribution in [0.5, 0.6) is 0 Å². The van der Waals surface area contributed by atoms with Crippen molar-refractivity contribution in [1.82, 2.24) is 5.32 Å². The molecule has 0 heterocycles. The Bertz CT molecular complexity index is 167. The maximum absolute atomic E-state index is 12.2. The van der Waals surface area contributed by atoms with Crippen molar-refractivity contribution in [2.45, 2.75) is 37.6 Å². The highest BCUT2D eigenvalue weighted by molar-refractivity contribution is 9.10. The van der Waals surface area contributed by atoms with Crippen LogP contribution >= 0.6 is 15.9 Å². The molecule has 78 valence electrons. The third-order valence-corrected chi connectivity index (χ3v) is 1.54. The van der Waals surface area contributed by atoms with Gasteiger partial charge >= 0.3 is 4.83 Å². The fraction of sp³-hybridized carbons (Fsp3) is 0.778. The Hall–Kier alpha value is 0.0400. The van der Waals surface area contributed by atoms with Gasteiger partial charge in [-0.05, 0) is 55.7 Å². The Morgan fingerprint density at radius 2 is 1.85 bits per heavy atom. The second kappa shape index (κ2) is 5.05. The highest BCUT2D eigenvalue weighted by Gasteiger charge is 2.17. The van der Waals surface area contributed by atoms with E-state index in [4.69, 9.17) is 0 Å². The van der Waals surface area contributed by atoms with Crippen molar-refractivity contribution in [3.05, 3.63) is 12.2 Å². The fourth-order valence-electron chi connectivity index (χ4n) is 0.747. The molecule has 0 atom stereocenters. The molecule has 0 bridgehead atoms. The summed E-state index contributed by atoms with van der Waals surface area (Å²) in [6, 6.07) is 0. The van der Waals surface area contributed by atoms with Gasteiger partial charge in [-0.3, -0.25) is 0 Å². The molecule has 0 aliphatic rings. The fourth-order valence-corrected chi connectivity index (χ4v) is 0.934. The average molecular weight is 256 g/mol. The van der Waals surface area contributed by atoms with E-state index < -0.39 is 4.83 Å². The molecule has 0 rings (SSSR count). The number of hydrogen-bond donors (Lipinski definition) is 1. The summed E-state index contributed by atoms with van der Waals surface area (Å²) in [4.78, 5) is -2.87. The van der Waals surface area contributed by atoms with Gasteiger partial charge < -0.3 is 5.32 Å². The van der Waals surface area contributed by atoms with Gasteiger partial charge in [-0.2, -0.15) is 8.78 Å². The van der Waals surface area contributed by atoms with Crippen molar-refractivity contribution in [3.8, 4) is 0 Å². The summed E-state index contributed by atoms with van der Waals surface area (Å²) in [7, 11) is 0. The highest BCUT2D eigenvalue weighted by atomic mass is 79.9. The number of hydrogen-bond acceptors (Lipinski definition) is 1. The van der Waals surface area contributed by atoms with Gasteiger partial charge in [0.25, 0.3) is 0 Å². The van der Waals surface area contributed by atoms with Crippen molar-refractivity contribution in [1.29, 1.82) is 0 Å². The van der Waals surface area contributed by atoms with Gasteiger partial charge in [0, 0.05) is 5.54 Å². The van der Waals surface area contributed by atoms with Gasteiger partial charge in [0.1, 0.15) is 0 Å². The average Bonchev–Trinajstić information content (AvgIpc) is 1.81. The van der Waals surface area contributed by atoms with E-state index in [0.29, 0.717) is 13.0 Å². The molecule has 0 aliphatic carbocycles. The van der Waals surface area contributed by atoms with Crippen LogP contribution in [-0.4, -0.2) is 16.9 Å². The van der Waals surface area contributed by atoms with Gasteiger partial charge in [0.05, 0.1) is 0 Å². The zero-order valence-electron chi connectivity index (χ0n) is 8.20. The van der Waals surface area contributed by atoms with Crippen LogP contribution in [0.4, 0.5) is 8.78 Å². The molecule has 0 aromatic rings. The first-order chi connectivity index (χ1) is 5.71. The second-order valence-electron chi connectivity index (χ2n) is 3.91. The number of alkyl halides is 3. The summed E-state index contributed by atoms with van der Waals surface area (Å²) in [5, 5.41) is 3.20. The Morgan fingerprint density at radius 1 is 1.31 bits per heavy atom. The summed E-state index contributed by atoms with van der Waals surface area (Å²) >= 11 is 2.23. The van der Waals surface area contributed by atoms with Crippen molar-refractivity contribution >= 4 is 15.9 Å². The molecule has 0 unspecified atom stereocenters. The SMILES string of the molecule is CC(C)(C)NCC/C=C/C(F)(F)Br. The molecule has 0 fully saturated rings. The molecular formula is C9H16BrF2N. The predicted octanol–water partition coefficient (Wildman–Crippen LogP) is 3.31. The Balaban J connectivity index is 3.53. The monoisotopic (exact) mass is 255 g/mol. The lowest BCUT2D eigenvalue weighted by Crippen LogP contribution is -2.36. The molecule has 1 N–H and O–H groups in total. The van der Waals surface area contributed by atoms with Crippen LogP contribution in [0.15, 0.2) is 12.2 Å². The topological polar surface area (TPSA) is 12.0 Å². The molecule has 0 aromatic carbocycles. The lowest BCUT2D eigenvalue weighted by Gasteiger charge is -2.19. The van der Waals surface area contributed by atoms with E-state index in [-0.39, 0.29) is 5.54 Å². The minimum atomic E-state index is -2.87. The van der Waals surface area contributed by atoms with Crippen molar-refractivity contribution in [3.63, 3.8) is 0 Å². The van der Waals surface area contributed by atoms with Gasteiger partial charge in [-0.15, -0.1) is 0 Å². The third kappa shape index (κ3) is 12.0.